The summed E-state index contributed by atoms with van der Waals surface area (Å²) in [6.07, 6.45) is 1.73. The van der Waals surface area contributed by atoms with Gasteiger partial charge in [-0.05, 0) is 38.1 Å². The second-order valence-electron chi connectivity index (χ2n) is 5.15. The lowest BCUT2D eigenvalue weighted by Crippen LogP contribution is -2.38. The third-order valence-electron chi connectivity index (χ3n) is 3.02. The Balaban J connectivity index is 2.29. The minimum Gasteiger partial charge on any atom is -0.398 e. The number of carbonyl (C=O) groups is 1. The van der Waals surface area contributed by atoms with Gasteiger partial charge in [0.15, 0.2) is 0 Å². The molecule has 0 bridgehead atoms. The summed E-state index contributed by atoms with van der Waals surface area (Å²) in [5.41, 5.74) is 8.36. The quantitative estimate of drug-likeness (QED) is 0.832. The van der Waals surface area contributed by atoms with E-state index in [9.17, 15) is 4.79 Å². The fourth-order valence-corrected chi connectivity index (χ4v) is 2.16. The van der Waals surface area contributed by atoms with E-state index in [2.05, 4.69) is 10.3 Å². The van der Waals surface area contributed by atoms with Crippen molar-refractivity contribution in [3.8, 4) is 0 Å². The molecule has 0 unspecified atom stereocenters. The highest BCUT2D eigenvalue weighted by atomic mass is 16.2. The third kappa shape index (κ3) is 2.99. The average molecular weight is 272 g/mol. The maximum Gasteiger partial charge on any atom is 0.239 e. The van der Waals surface area contributed by atoms with Crippen molar-refractivity contribution in [2.24, 2.45) is 0 Å². The van der Waals surface area contributed by atoms with Crippen LogP contribution in [0.25, 0.3) is 10.9 Å². The van der Waals surface area contributed by atoms with Gasteiger partial charge in [-0.3, -0.25) is 9.78 Å². The largest absolute Gasteiger partial charge is 0.398 e. The van der Waals surface area contributed by atoms with Gasteiger partial charge in [0.1, 0.15) is 0 Å². The Morgan fingerprint density at radius 3 is 2.85 bits per heavy atom. The molecule has 5 heteroatoms. The molecule has 0 aliphatic carbocycles. The molecule has 1 heterocycles. The third-order valence-corrected chi connectivity index (χ3v) is 3.02. The van der Waals surface area contributed by atoms with Crippen LogP contribution in [0.3, 0.4) is 0 Å². The Kier molecular flexibility index (Phi) is 4.08. The zero-order valence-corrected chi connectivity index (χ0v) is 12.1. The highest BCUT2D eigenvalue weighted by Gasteiger charge is 2.12. The normalized spacial score (nSPS) is 10.8. The van der Waals surface area contributed by atoms with Crippen molar-refractivity contribution < 1.29 is 4.79 Å². The number of hydrogen-bond donors (Lipinski definition) is 2. The van der Waals surface area contributed by atoms with E-state index in [0.717, 1.165) is 16.6 Å². The standard InChI is InChI=1S/C15H20N4O/c1-10(2)18-14(20)9-19(3)13-7-6-12(16)11-5-4-8-17-15(11)13/h4-8,10H,9,16H2,1-3H3,(H,18,20). The van der Waals surface area contributed by atoms with Crippen LogP contribution in [0.4, 0.5) is 11.4 Å². The van der Waals surface area contributed by atoms with E-state index < -0.39 is 0 Å². The Labute approximate surface area is 118 Å². The molecule has 0 aliphatic heterocycles. The molecule has 1 amide bonds. The molecule has 0 atom stereocenters. The molecular formula is C15H20N4O. The van der Waals surface area contributed by atoms with Gasteiger partial charge >= 0.3 is 0 Å². The zero-order chi connectivity index (χ0) is 14.7. The molecule has 0 spiro atoms. The lowest BCUT2D eigenvalue weighted by Gasteiger charge is -2.21. The van der Waals surface area contributed by atoms with Gasteiger partial charge in [-0.15, -0.1) is 0 Å². The van der Waals surface area contributed by atoms with Crippen molar-refractivity contribution in [1.82, 2.24) is 10.3 Å². The van der Waals surface area contributed by atoms with E-state index in [0.29, 0.717) is 5.69 Å². The van der Waals surface area contributed by atoms with Crippen LogP contribution in [0.1, 0.15) is 13.8 Å². The van der Waals surface area contributed by atoms with Gasteiger partial charge in [-0.2, -0.15) is 0 Å². The molecule has 20 heavy (non-hydrogen) atoms. The number of likely N-dealkylation sites (N-methyl/N-ethyl adjacent to an activating group) is 1. The smallest absolute Gasteiger partial charge is 0.239 e. The number of amides is 1. The van der Waals surface area contributed by atoms with Gasteiger partial charge in [0, 0.05) is 30.4 Å². The number of nitrogens with one attached hydrogen (secondary N) is 1. The minimum absolute atomic E-state index is 0.0107. The molecule has 0 aliphatic rings. The van der Waals surface area contributed by atoms with Crippen LogP contribution in [-0.4, -0.2) is 30.5 Å². The number of nitrogen functional groups attached to an aromatic ring is 1. The van der Waals surface area contributed by atoms with Crippen LogP contribution in [0.15, 0.2) is 30.5 Å². The Bertz CT molecular complexity index is 624. The predicted molar refractivity (Wildman–Crippen MR) is 82.7 cm³/mol. The van der Waals surface area contributed by atoms with Crippen molar-refractivity contribution in [3.05, 3.63) is 30.5 Å². The van der Waals surface area contributed by atoms with Gasteiger partial charge in [0.2, 0.25) is 5.91 Å². The van der Waals surface area contributed by atoms with Crippen molar-refractivity contribution in [2.75, 3.05) is 24.2 Å². The average Bonchev–Trinajstić information content (AvgIpc) is 2.38. The summed E-state index contributed by atoms with van der Waals surface area (Å²) in [5.74, 6) is -0.0107. The second kappa shape index (κ2) is 5.77. The Morgan fingerprint density at radius 1 is 1.40 bits per heavy atom. The van der Waals surface area contributed by atoms with Crippen LogP contribution in [0.2, 0.25) is 0 Å². The van der Waals surface area contributed by atoms with Crippen LogP contribution in [0.5, 0.6) is 0 Å². The topological polar surface area (TPSA) is 71.2 Å². The van der Waals surface area contributed by atoms with Crippen molar-refractivity contribution in [3.63, 3.8) is 0 Å². The summed E-state index contributed by atoms with van der Waals surface area (Å²) in [6.45, 7) is 4.17. The number of rotatable bonds is 4. The summed E-state index contributed by atoms with van der Waals surface area (Å²) in [5, 5.41) is 3.78. The second-order valence-corrected chi connectivity index (χ2v) is 5.15. The number of pyridine rings is 1. The fourth-order valence-electron chi connectivity index (χ4n) is 2.16. The number of nitrogens with zero attached hydrogens (tertiary/aromatic N) is 2. The molecule has 1 aromatic heterocycles. The van der Waals surface area contributed by atoms with E-state index >= 15 is 0 Å². The molecule has 3 N–H and O–H groups in total. The number of aromatic nitrogens is 1. The molecule has 2 aromatic rings. The van der Waals surface area contributed by atoms with E-state index in [4.69, 9.17) is 5.73 Å². The maximum absolute atomic E-state index is 11.8. The number of hydrogen-bond acceptors (Lipinski definition) is 4. The summed E-state index contributed by atoms with van der Waals surface area (Å²) < 4.78 is 0. The van der Waals surface area contributed by atoms with Crippen molar-refractivity contribution in [1.29, 1.82) is 0 Å². The summed E-state index contributed by atoms with van der Waals surface area (Å²) >= 11 is 0. The van der Waals surface area contributed by atoms with Gasteiger partial charge in [-0.25, -0.2) is 0 Å². The monoisotopic (exact) mass is 272 g/mol. The number of nitrogens with two attached hydrogens (primary N) is 1. The van der Waals surface area contributed by atoms with Gasteiger partial charge in [0.25, 0.3) is 0 Å². The van der Waals surface area contributed by atoms with E-state index in [1.807, 2.05) is 50.1 Å². The molecule has 2 rings (SSSR count). The molecule has 0 saturated carbocycles. The number of anilines is 2. The van der Waals surface area contributed by atoms with Crippen molar-refractivity contribution in [2.45, 2.75) is 19.9 Å². The molecule has 0 radical (unpaired) electrons. The van der Waals surface area contributed by atoms with Crippen LogP contribution < -0.4 is 16.0 Å². The fraction of sp³-hybridized carbons (Fsp3) is 0.333. The SMILES string of the molecule is CC(C)NC(=O)CN(C)c1ccc(N)c2cccnc12. The maximum atomic E-state index is 11.8. The lowest BCUT2D eigenvalue weighted by atomic mass is 10.1. The molecule has 5 nitrogen and oxygen atoms in total. The van der Waals surface area contributed by atoms with Gasteiger partial charge < -0.3 is 16.0 Å². The highest BCUT2D eigenvalue weighted by molar-refractivity contribution is 5.99. The summed E-state index contributed by atoms with van der Waals surface area (Å²) in [4.78, 5) is 18.1. The van der Waals surface area contributed by atoms with E-state index in [1.165, 1.54) is 0 Å². The molecule has 106 valence electrons. The first-order valence-corrected chi connectivity index (χ1v) is 6.62. The molecule has 0 saturated heterocycles. The number of benzene rings is 1. The van der Waals surface area contributed by atoms with E-state index in [-0.39, 0.29) is 18.5 Å². The van der Waals surface area contributed by atoms with Gasteiger partial charge in [0.05, 0.1) is 17.7 Å². The van der Waals surface area contributed by atoms with Crippen LogP contribution >= 0.6 is 0 Å². The predicted octanol–water partition coefficient (Wildman–Crippen LogP) is 1.78. The number of carbonyl (C=O) groups excluding carboxylic acids is 1. The number of fused-ring (bicyclic) bond motifs is 1. The van der Waals surface area contributed by atoms with Gasteiger partial charge in [-0.1, -0.05) is 0 Å². The summed E-state index contributed by atoms with van der Waals surface area (Å²) in [6, 6.07) is 7.66. The van der Waals surface area contributed by atoms with Crippen LogP contribution in [0, 0.1) is 0 Å². The summed E-state index contributed by atoms with van der Waals surface area (Å²) in [7, 11) is 1.87. The first-order valence-electron chi connectivity index (χ1n) is 6.62. The zero-order valence-electron chi connectivity index (χ0n) is 12.1. The van der Waals surface area contributed by atoms with E-state index in [1.54, 1.807) is 6.20 Å². The molecular weight excluding hydrogens is 252 g/mol. The first kappa shape index (κ1) is 14.1. The lowest BCUT2D eigenvalue weighted by molar-refractivity contribution is -0.120. The molecule has 0 fully saturated rings. The Hall–Kier alpha value is -2.30. The minimum atomic E-state index is -0.0107. The van der Waals surface area contributed by atoms with Crippen molar-refractivity contribution >= 4 is 28.2 Å². The first-order chi connectivity index (χ1) is 9.49. The highest BCUT2D eigenvalue weighted by Crippen LogP contribution is 2.28. The Morgan fingerprint density at radius 2 is 2.15 bits per heavy atom. The molecule has 1 aromatic carbocycles. The van der Waals surface area contributed by atoms with Crippen LogP contribution in [-0.2, 0) is 4.79 Å².